The van der Waals surface area contributed by atoms with Gasteiger partial charge in [0.25, 0.3) is 0 Å². The van der Waals surface area contributed by atoms with Crippen molar-refractivity contribution in [3.8, 4) is 17.6 Å². The van der Waals surface area contributed by atoms with Crippen molar-refractivity contribution in [2.24, 2.45) is 16.3 Å². The van der Waals surface area contributed by atoms with Crippen LogP contribution in [0.2, 0.25) is 10.0 Å². The van der Waals surface area contributed by atoms with Gasteiger partial charge < -0.3 is 9.47 Å². The fourth-order valence-electron chi connectivity index (χ4n) is 4.39. The van der Waals surface area contributed by atoms with Crippen molar-refractivity contribution in [1.29, 1.82) is 5.26 Å². The largest absolute Gasteiger partial charge is 0.493 e. The molecule has 4 nitrogen and oxygen atoms in total. The van der Waals surface area contributed by atoms with Crippen LogP contribution in [0, 0.1) is 22.7 Å². The van der Waals surface area contributed by atoms with Crippen LogP contribution in [0.15, 0.2) is 39.8 Å². The van der Waals surface area contributed by atoms with Gasteiger partial charge in [0.05, 0.1) is 17.1 Å². The molecule has 0 spiro atoms. The number of nitriles is 1. The molecule has 1 aliphatic carbocycles. The molecule has 0 aliphatic heterocycles. The lowest BCUT2D eigenvalue weighted by molar-refractivity contribution is 0.218. The van der Waals surface area contributed by atoms with Gasteiger partial charge in [-0.1, -0.05) is 50.0 Å². The van der Waals surface area contributed by atoms with Crippen molar-refractivity contribution in [3.05, 3.63) is 72.0 Å². The molecule has 1 heterocycles. The van der Waals surface area contributed by atoms with E-state index in [1.54, 1.807) is 36.8 Å². The monoisotopic (exact) mass is 604 g/mol. The van der Waals surface area contributed by atoms with Gasteiger partial charge in [-0.3, -0.25) is 0 Å². The van der Waals surface area contributed by atoms with E-state index in [1.165, 1.54) is 10.4 Å². The molecule has 0 radical (unpaired) electrons. The highest BCUT2D eigenvalue weighted by Crippen LogP contribution is 2.45. The summed E-state index contributed by atoms with van der Waals surface area (Å²) in [6.45, 7) is 7.15. The van der Waals surface area contributed by atoms with Gasteiger partial charge in [0.1, 0.15) is 17.7 Å². The van der Waals surface area contributed by atoms with Crippen molar-refractivity contribution in [2.75, 3.05) is 7.11 Å². The van der Waals surface area contributed by atoms with Gasteiger partial charge >= 0.3 is 0 Å². The summed E-state index contributed by atoms with van der Waals surface area (Å²) in [5, 5.41) is 11.7. The number of nitrogens with zero attached hydrogens (tertiary/aromatic N) is 2. The van der Waals surface area contributed by atoms with E-state index in [0.29, 0.717) is 33.0 Å². The Kier molecular flexibility index (Phi) is 8.36. The molecule has 1 atom stereocenters. The third-order valence-corrected chi connectivity index (χ3v) is 8.89. The Morgan fingerprint density at radius 2 is 2.03 bits per heavy atom. The van der Waals surface area contributed by atoms with Gasteiger partial charge in [-0.15, -0.1) is 11.3 Å². The summed E-state index contributed by atoms with van der Waals surface area (Å²) in [6, 6.07) is 11.5. The van der Waals surface area contributed by atoms with Crippen LogP contribution in [-0.4, -0.2) is 13.3 Å². The number of aliphatic imine (C=N–C) groups is 1. The highest BCUT2D eigenvalue weighted by atomic mass is 79.9. The van der Waals surface area contributed by atoms with Crippen LogP contribution >= 0.6 is 50.5 Å². The van der Waals surface area contributed by atoms with Gasteiger partial charge in [0, 0.05) is 26.7 Å². The molecular formula is C28H27BrCl2N2O2S. The molecule has 2 aromatic carbocycles. The van der Waals surface area contributed by atoms with Crippen LogP contribution in [0.5, 0.6) is 11.5 Å². The highest BCUT2D eigenvalue weighted by Gasteiger charge is 2.32. The molecule has 3 aromatic rings. The van der Waals surface area contributed by atoms with Crippen molar-refractivity contribution in [1.82, 2.24) is 0 Å². The van der Waals surface area contributed by atoms with E-state index in [1.807, 2.05) is 18.2 Å². The van der Waals surface area contributed by atoms with Gasteiger partial charge in [0.2, 0.25) is 0 Å². The number of rotatable bonds is 6. The molecule has 8 heteroatoms. The molecule has 0 bridgehead atoms. The Morgan fingerprint density at radius 3 is 2.69 bits per heavy atom. The number of hydrogen-bond acceptors (Lipinski definition) is 5. The minimum atomic E-state index is 0.253. The van der Waals surface area contributed by atoms with Gasteiger partial charge in [-0.2, -0.15) is 5.26 Å². The third-order valence-electron chi connectivity index (χ3n) is 6.55. The number of methoxy groups -OCH3 is 1. The number of ether oxygens (including phenoxy) is 2. The zero-order chi connectivity index (χ0) is 26.0. The first-order chi connectivity index (χ1) is 17.1. The molecule has 1 aromatic heterocycles. The molecular weight excluding hydrogens is 579 g/mol. The molecule has 0 saturated carbocycles. The Hall–Kier alpha value is -2.04. The van der Waals surface area contributed by atoms with Crippen LogP contribution in [0.25, 0.3) is 0 Å². The minimum Gasteiger partial charge on any atom is -0.493 e. The molecule has 0 N–H and O–H groups in total. The molecule has 36 heavy (non-hydrogen) atoms. The number of thiophene rings is 1. The Morgan fingerprint density at radius 1 is 1.25 bits per heavy atom. The first-order valence-electron chi connectivity index (χ1n) is 11.6. The summed E-state index contributed by atoms with van der Waals surface area (Å²) in [6.07, 6.45) is 4.83. The van der Waals surface area contributed by atoms with E-state index < -0.39 is 0 Å². The molecule has 0 saturated heterocycles. The van der Waals surface area contributed by atoms with E-state index >= 15 is 0 Å². The molecule has 4 rings (SSSR count). The quantitative estimate of drug-likeness (QED) is 0.263. The zero-order valence-electron chi connectivity index (χ0n) is 20.6. The smallest absolute Gasteiger partial charge is 0.175 e. The molecule has 0 fully saturated rings. The topological polar surface area (TPSA) is 54.6 Å². The van der Waals surface area contributed by atoms with Crippen LogP contribution in [0.3, 0.4) is 0 Å². The fourth-order valence-corrected chi connectivity index (χ4v) is 6.65. The maximum absolute atomic E-state index is 9.86. The minimum absolute atomic E-state index is 0.253. The maximum Gasteiger partial charge on any atom is 0.175 e. The van der Waals surface area contributed by atoms with Crippen molar-refractivity contribution < 1.29 is 9.47 Å². The lowest BCUT2D eigenvalue weighted by Gasteiger charge is -2.33. The Balaban J connectivity index is 1.56. The first kappa shape index (κ1) is 27.0. The molecule has 0 amide bonds. The number of benzene rings is 2. The van der Waals surface area contributed by atoms with Crippen molar-refractivity contribution in [2.45, 2.75) is 46.6 Å². The summed E-state index contributed by atoms with van der Waals surface area (Å²) >= 11 is 17.5. The van der Waals surface area contributed by atoms with E-state index in [9.17, 15) is 5.26 Å². The van der Waals surface area contributed by atoms with Crippen LogP contribution in [0.1, 0.15) is 54.3 Å². The molecule has 0 unspecified atom stereocenters. The standard InChI is InChI=1S/C28H27BrCl2N2O2S/c1-28(2,3)18-6-8-20-21(13-32)27(36-25(20)11-18)33-14-16-9-22(29)26(24(10-16)34-4)35-15-17-5-7-19(30)12-23(17)31/h5,7,9-10,12,14,18H,6,8,11,15H2,1-4H3/t18-/m0/s1. The number of hydrogen-bond donors (Lipinski definition) is 0. The second kappa shape index (κ2) is 11.1. The van der Waals surface area contributed by atoms with E-state index in [0.717, 1.165) is 39.9 Å². The van der Waals surface area contributed by atoms with Crippen LogP contribution in [-0.2, 0) is 19.4 Å². The van der Waals surface area contributed by atoms with Crippen LogP contribution < -0.4 is 9.47 Å². The fraction of sp³-hybridized carbons (Fsp3) is 0.357. The maximum atomic E-state index is 9.86. The Bertz CT molecular complexity index is 1360. The van der Waals surface area contributed by atoms with Gasteiger partial charge in [-0.25, -0.2) is 4.99 Å². The second-order valence-electron chi connectivity index (χ2n) is 9.92. The van der Waals surface area contributed by atoms with Crippen molar-refractivity contribution in [3.63, 3.8) is 0 Å². The summed E-state index contributed by atoms with van der Waals surface area (Å²) in [5.74, 6) is 1.75. The predicted molar refractivity (Wildman–Crippen MR) is 153 cm³/mol. The van der Waals surface area contributed by atoms with Crippen molar-refractivity contribution >= 4 is 61.7 Å². The molecule has 188 valence electrons. The van der Waals surface area contributed by atoms with Gasteiger partial charge in [-0.05, 0) is 81.9 Å². The van der Waals surface area contributed by atoms with E-state index in [4.69, 9.17) is 37.7 Å². The third kappa shape index (κ3) is 5.92. The number of halogens is 3. The Labute approximate surface area is 235 Å². The lowest BCUT2D eigenvalue weighted by Crippen LogP contribution is -2.26. The van der Waals surface area contributed by atoms with E-state index in [2.05, 4.69) is 42.8 Å². The highest BCUT2D eigenvalue weighted by molar-refractivity contribution is 9.10. The SMILES string of the molecule is COc1cc(C=Nc2sc3c(c2C#N)CC[C@H](C(C)(C)C)C3)cc(Br)c1OCc1ccc(Cl)cc1Cl. The lowest BCUT2D eigenvalue weighted by atomic mass is 9.72. The zero-order valence-corrected chi connectivity index (χ0v) is 24.5. The first-order valence-corrected chi connectivity index (χ1v) is 14.0. The average Bonchev–Trinajstić information content (AvgIpc) is 3.18. The summed E-state index contributed by atoms with van der Waals surface area (Å²) in [5.41, 5.74) is 3.80. The van der Waals surface area contributed by atoms with Gasteiger partial charge in [0.15, 0.2) is 11.5 Å². The average molecular weight is 606 g/mol. The second-order valence-corrected chi connectivity index (χ2v) is 12.7. The summed E-state index contributed by atoms with van der Waals surface area (Å²) in [4.78, 5) is 6.02. The molecule has 1 aliphatic rings. The normalized spacial score (nSPS) is 15.6. The van der Waals surface area contributed by atoms with Crippen LogP contribution in [0.4, 0.5) is 5.00 Å². The van der Waals surface area contributed by atoms with E-state index in [-0.39, 0.29) is 12.0 Å². The summed E-state index contributed by atoms with van der Waals surface area (Å²) in [7, 11) is 1.59. The number of fused-ring (bicyclic) bond motifs is 1. The predicted octanol–water partition coefficient (Wildman–Crippen LogP) is 9.18. The summed E-state index contributed by atoms with van der Waals surface area (Å²) < 4.78 is 12.3.